The molecule has 0 bridgehead atoms. The smallest absolute Gasteiger partial charge is 0.151 e. The molecule has 0 aliphatic rings. The minimum Gasteiger partial charge on any atom is -0.319 e. The average Bonchev–Trinajstić information content (AvgIpc) is 3.23. The standard InChI is InChI=1S/C19H13N3S/c20-12-14-6-1-2-7-15(14)13-22-17-9-4-3-8-16(17)21-19(22)18-10-5-11-23-18/h1-11H,13H2. The molecule has 4 rings (SSSR count). The van der Waals surface area contributed by atoms with E-state index in [9.17, 15) is 5.26 Å². The van der Waals surface area contributed by atoms with Crippen molar-refractivity contribution in [1.29, 1.82) is 5.26 Å². The van der Waals surface area contributed by atoms with Gasteiger partial charge in [0.05, 0.1) is 34.1 Å². The number of hydrogen-bond acceptors (Lipinski definition) is 3. The molecule has 0 saturated carbocycles. The summed E-state index contributed by atoms with van der Waals surface area (Å²) in [6.07, 6.45) is 0. The Morgan fingerprint density at radius 1 is 1.00 bits per heavy atom. The first-order chi connectivity index (χ1) is 11.4. The third-order valence-corrected chi connectivity index (χ3v) is 4.73. The van der Waals surface area contributed by atoms with E-state index in [2.05, 4.69) is 28.1 Å². The van der Waals surface area contributed by atoms with E-state index >= 15 is 0 Å². The highest BCUT2D eigenvalue weighted by atomic mass is 32.1. The van der Waals surface area contributed by atoms with Crippen LogP contribution in [0.4, 0.5) is 0 Å². The first-order valence-corrected chi connectivity index (χ1v) is 8.22. The van der Waals surface area contributed by atoms with Crippen molar-refractivity contribution < 1.29 is 0 Å². The highest BCUT2D eigenvalue weighted by molar-refractivity contribution is 7.13. The Morgan fingerprint density at radius 3 is 2.65 bits per heavy atom. The van der Waals surface area contributed by atoms with Crippen molar-refractivity contribution >= 4 is 22.4 Å². The van der Waals surface area contributed by atoms with Crippen LogP contribution in [0.1, 0.15) is 11.1 Å². The Hall–Kier alpha value is -2.90. The lowest BCUT2D eigenvalue weighted by atomic mass is 10.1. The third kappa shape index (κ3) is 2.41. The molecule has 110 valence electrons. The molecule has 2 aromatic carbocycles. The Kier molecular flexibility index (Phi) is 3.41. The molecule has 2 aromatic heterocycles. The number of nitrogens with zero attached hydrogens (tertiary/aromatic N) is 3. The Morgan fingerprint density at radius 2 is 1.83 bits per heavy atom. The number of hydrogen-bond donors (Lipinski definition) is 0. The summed E-state index contributed by atoms with van der Waals surface area (Å²) in [5.41, 5.74) is 3.78. The molecule has 0 fully saturated rings. The summed E-state index contributed by atoms with van der Waals surface area (Å²) in [6.45, 7) is 0.636. The highest BCUT2D eigenvalue weighted by Crippen LogP contribution is 2.29. The number of rotatable bonds is 3. The molecule has 0 N–H and O–H groups in total. The molecule has 0 aliphatic carbocycles. The van der Waals surface area contributed by atoms with Crippen molar-refractivity contribution in [1.82, 2.24) is 9.55 Å². The molecule has 0 atom stereocenters. The lowest BCUT2D eigenvalue weighted by Gasteiger charge is -2.09. The third-order valence-electron chi connectivity index (χ3n) is 3.86. The summed E-state index contributed by atoms with van der Waals surface area (Å²) in [6, 6.07) is 22.3. The Balaban J connectivity index is 1.92. The molecule has 0 spiro atoms. The number of imidazole rings is 1. The van der Waals surface area contributed by atoms with Crippen LogP contribution in [-0.2, 0) is 6.54 Å². The fourth-order valence-corrected chi connectivity index (χ4v) is 3.49. The summed E-state index contributed by atoms with van der Waals surface area (Å²) in [7, 11) is 0. The lowest BCUT2D eigenvalue weighted by Crippen LogP contribution is -2.03. The summed E-state index contributed by atoms with van der Waals surface area (Å²) < 4.78 is 2.19. The molecular weight excluding hydrogens is 302 g/mol. The number of benzene rings is 2. The maximum absolute atomic E-state index is 9.34. The molecule has 0 saturated heterocycles. The van der Waals surface area contributed by atoms with Gasteiger partial charge in [0.2, 0.25) is 0 Å². The van der Waals surface area contributed by atoms with Gasteiger partial charge >= 0.3 is 0 Å². The maximum Gasteiger partial charge on any atom is 0.151 e. The van der Waals surface area contributed by atoms with E-state index in [0.717, 1.165) is 27.3 Å². The second kappa shape index (κ2) is 5.71. The van der Waals surface area contributed by atoms with E-state index in [-0.39, 0.29) is 0 Å². The van der Waals surface area contributed by atoms with E-state index in [1.54, 1.807) is 11.3 Å². The van der Waals surface area contributed by atoms with Gasteiger partial charge in [-0.2, -0.15) is 5.26 Å². The molecule has 0 aliphatic heterocycles. The fourth-order valence-electron chi connectivity index (χ4n) is 2.77. The van der Waals surface area contributed by atoms with Gasteiger partial charge in [0.15, 0.2) is 5.82 Å². The number of fused-ring (bicyclic) bond motifs is 1. The first kappa shape index (κ1) is 13.7. The van der Waals surface area contributed by atoms with Gasteiger partial charge in [0, 0.05) is 0 Å². The predicted molar refractivity (Wildman–Crippen MR) is 93.3 cm³/mol. The highest BCUT2D eigenvalue weighted by Gasteiger charge is 2.14. The van der Waals surface area contributed by atoms with Crippen LogP contribution in [-0.4, -0.2) is 9.55 Å². The lowest BCUT2D eigenvalue weighted by molar-refractivity contribution is 0.834. The molecule has 4 aromatic rings. The van der Waals surface area contributed by atoms with Crippen LogP contribution in [0.5, 0.6) is 0 Å². The van der Waals surface area contributed by atoms with E-state index in [1.165, 1.54) is 0 Å². The van der Waals surface area contributed by atoms with Crippen LogP contribution in [0.3, 0.4) is 0 Å². The number of nitriles is 1. The maximum atomic E-state index is 9.34. The summed E-state index contributed by atoms with van der Waals surface area (Å²) in [5, 5.41) is 11.4. The van der Waals surface area contributed by atoms with Gasteiger partial charge < -0.3 is 4.57 Å². The second-order valence-electron chi connectivity index (χ2n) is 5.26. The van der Waals surface area contributed by atoms with E-state index < -0.39 is 0 Å². The van der Waals surface area contributed by atoms with Gasteiger partial charge in [0.1, 0.15) is 0 Å². The van der Waals surface area contributed by atoms with Gasteiger partial charge in [-0.15, -0.1) is 11.3 Å². The first-order valence-electron chi connectivity index (χ1n) is 7.34. The van der Waals surface area contributed by atoms with E-state index in [4.69, 9.17) is 4.98 Å². The largest absolute Gasteiger partial charge is 0.319 e. The average molecular weight is 315 g/mol. The van der Waals surface area contributed by atoms with Gasteiger partial charge in [-0.3, -0.25) is 0 Å². The van der Waals surface area contributed by atoms with Crippen LogP contribution in [0, 0.1) is 11.3 Å². The fraction of sp³-hybridized carbons (Fsp3) is 0.0526. The molecule has 4 heteroatoms. The minimum absolute atomic E-state index is 0.636. The van der Waals surface area contributed by atoms with Gasteiger partial charge in [0.25, 0.3) is 0 Å². The zero-order chi connectivity index (χ0) is 15.6. The molecular formula is C19H13N3S. The van der Waals surface area contributed by atoms with Crippen LogP contribution >= 0.6 is 11.3 Å². The van der Waals surface area contributed by atoms with Gasteiger partial charge in [-0.1, -0.05) is 36.4 Å². The van der Waals surface area contributed by atoms with Crippen LogP contribution in [0.15, 0.2) is 66.0 Å². The molecule has 3 nitrogen and oxygen atoms in total. The van der Waals surface area contributed by atoms with Crippen molar-refractivity contribution in [2.45, 2.75) is 6.54 Å². The molecule has 0 amide bonds. The topological polar surface area (TPSA) is 41.6 Å². The number of para-hydroxylation sites is 2. The van der Waals surface area contributed by atoms with Crippen molar-refractivity contribution in [3.8, 4) is 16.8 Å². The molecule has 2 heterocycles. The summed E-state index contributed by atoms with van der Waals surface area (Å²) in [5.74, 6) is 0.953. The van der Waals surface area contributed by atoms with E-state index in [1.807, 2.05) is 48.5 Å². The minimum atomic E-state index is 0.636. The predicted octanol–water partition coefficient (Wildman–Crippen LogP) is 4.68. The summed E-state index contributed by atoms with van der Waals surface area (Å²) >= 11 is 1.68. The Labute approximate surface area is 138 Å². The SMILES string of the molecule is N#Cc1ccccc1Cn1c(-c2cccs2)nc2ccccc21. The molecule has 23 heavy (non-hydrogen) atoms. The quantitative estimate of drug-likeness (QED) is 0.550. The van der Waals surface area contributed by atoms with Crippen LogP contribution < -0.4 is 0 Å². The number of thiophene rings is 1. The van der Waals surface area contributed by atoms with Crippen LogP contribution in [0.25, 0.3) is 21.7 Å². The van der Waals surface area contributed by atoms with E-state index in [0.29, 0.717) is 12.1 Å². The summed E-state index contributed by atoms with van der Waals surface area (Å²) in [4.78, 5) is 5.93. The number of aromatic nitrogens is 2. The molecule has 0 radical (unpaired) electrons. The van der Waals surface area contributed by atoms with Crippen molar-refractivity contribution in [3.05, 3.63) is 77.2 Å². The zero-order valence-corrected chi connectivity index (χ0v) is 13.1. The normalized spacial score (nSPS) is 10.7. The monoisotopic (exact) mass is 315 g/mol. The van der Waals surface area contributed by atoms with Gasteiger partial charge in [-0.05, 0) is 35.2 Å². The van der Waals surface area contributed by atoms with Crippen molar-refractivity contribution in [2.24, 2.45) is 0 Å². The van der Waals surface area contributed by atoms with Crippen molar-refractivity contribution in [3.63, 3.8) is 0 Å². The Bertz CT molecular complexity index is 1010. The second-order valence-corrected chi connectivity index (χ2v) is 6.20. The zero-order valence-electron chi connectivity index (χ0n) is 12.3. The van der Waals surface area contributed by atoms with Gasteiger partial charge in [-0.25, -0.2) is 4.98 Å². The molecule has 0 unspecified atom stereocenters. The van der Waals surface area contributed by atoms with Crippen molar-refractivity contribution in [2.75, 3.05) is 0 Å². The van der Waals surface area contributed by atoms with Crippen LogP contribution in [0.2, 0.25) is 0 Å².